The second kappa shape index (κ2) is 67.5. The van der Waals surface area contributed by atoms with Crippen molar-refractivity contribution in [3.63, 3.8) is 0 Å². The van der Waals surface area contributed by atoms with Crippen LogP contribution < -0.4 is 0 Å². The maximum atomic E-state index is 12.9. The van der Waals surface area contributed by atoms with Gasteiger partial charge in [-0.1, -0.05) is 307 Å². The number of carbonyl (C=O) groups excluding carboxylic acids is 3. The molecule has 0 N–H and O–H groups in total. The average Bonchev–Trinajstić information content (AvgIpc) is 3.46. The molecule has 0 saturated carbocycles. The molecule has 0 aliphatic carbocycles. The molecular weight excluding hydrogens is 997 g/mol. The van der Waals surface area contributed by atoms with Crippen LogP contribution in [0.2, 0.25) is 0 Å². The highest BCUT2D eigenvalue weighted by Gasteiger charge is 2.19. The van der Waals surface area contributed by atoms with Gasteiger partial charge >= 0.3 is 17.9 Å². The molecule has 0 heterocycles. The fourth-order valence-corrected chi connectivity index (χ4v) is 8.69. The first-order valence-corrected chi connectivity index (χ1v) is 33.0. The quantitative estimate of drug-likeness (QED) is 0.0261. The fraction of sp³-hybridized carbons (Fsp3) is 0.613. The van der Waals surface area contributed by atoms with Crippen LogP contribution in [0, 0.1) is 0 Å². The molecule has 0 spiro atoms. The Labute approximate surface area is 499 Å². The molecule has 6 nitrogen and oxygen atoms in total. The molecular formula is C75H120O6. The van der Waals surface area contributed by atoms with Gasteiger partial charge in [-0.25, -0.2) is 0 Å². The van der Waals surface area contributed by atoms with E-state index in [1.165, 1.54) is 116 Å². The summed E-state index contributed by atoms with van der Waals surface area (Å²) in [6, 6.07) is 0. The minimum Gasteiger partial charge on any atom is -0.462 e. The van der Waals surface area contributed by atoms with Crippen LogP contribution in [0.1, 0.15) is 278 Å². The van der Waals surface area contributed by atoms with E-state index >= 15 is 0 Å². The van der Waals surface area contributed by atoms with Crippen molar-refractivity contribution < 1.29 is 28.6 Å². The zero-order chi connectivity index (χ0) is 58.5. The molecule has 0 amide bonds. The molecule has 6 heteroatoms. The second-order valence-electron chi connectivity index (χ2n) is 21.3. The smallest absolute Gasteiger partial charge is 0.306 e. The summed E-state index contributed by atoms with van der Waals surface area (Å²) >= 11 is 0. The Morgan fingerprint density at radius 1 is 0.259 bits per heavy atom. The van der Waals surface area contributed by atoms with E-state index in [1.807, 2.05) is 12.2 Å². The lowest BCUT2D eigenvalue weighted by molar-refractivity contribution is -0.166. The third kappa shape index (κ3) is 65.7. The highest BCUT2D eigenvalue weighted by atomic mass is 16.6. The van der Waals surface area contributed by atoms with E-state index in [9.17, 15) is 14.4 Å². The van der Waals surface area contributed by atoms with Gasteiger partial charge in [-0.3, -0.25) is 14.4 Å². The summed E-state index contributed by atoms with van der Waals surface area (Å²) in [5.41, 5.74) is 0. The Morgan fingerprint density at radius 2 is 0.506 bits per heavy atom. The first-order valence-electron chi connectivity index (χ1n) is 33.0. The summed E-state index contributed by atoms with van der Waals surface area (Å²) in [6.45, 7) is 6.31. The molecule has 0 bridgehead atoms. The van der Waals surface area contributed by atoms with Crippen LogP contribution in [0.5, 0.6) is 0 Å². The molecule has 0 fully saturated rings. The molecule has 0 aromatic rings. The van der Waals surface area contributed by atoms with Crippen LogP contribution in [0.3, 0.4) is 0 Å². The Morgan fingerprint density at radius 3 is 0.815 bits per heavy atom. The summed E-state index contributed by atoms with van der Waals surface area (Å²) in [5.74, 6) is -1.07. The van der Waals surface area contributed by atoms with Gasteiger partial charge in [-0.15, -0.1) is 0 Å². The largest absolute Gasteiger partial charge is 0.462 e. The summed E-state index contributed by atoms with van der Waals surface area (Å²) in [4.78, 5) is 38.3. The van der Waals surface area contributed by atoms with Crippen molar-refractivity contribution in [2.75, 3.05) is 13.2 Å². The van der Waals surface area contributed by atoms with Crippen molar-refractivity contribution in [1.82, 2.24) is 0 Å². The number of carbonyl (C=O) groups is 3. The third-order valence-electron chi connectivity index (χ3n) is 13.5. The van der Waals surface area contributed by atoms with Gasteiger partial charge in [0.25, 0.3) is 0 Å². The van der Waals surface area contributed by atoms with Gasteiger partial charge in [-0.05, 0) is 109 Å². The summed E-state index contributed by atoms with van der Waals surface area (Å²) in [6.07, 6.45) is 98.5. The van der Waals surface area contributed by atoms with Crippen molar-refractivity contribution in [3.05, 3.63) is 158 Å². The van der Waals surface area contributed by atoms with Gasteiger partial charge in [0.15, 0.2) is 6.10 Å². The standard InChI is InChI=1S/C75H120O6/c1-4-7-10-13-16-19-22-25-27-29-31-33-34-35-36-37-38-39-40-42-43-45-47-50-53-56-59-62-65-68-74(77)80-71-72(70-79-73(76)67-64-61-58-55-52-49-24-21-18-15-12-9-6-3)81-75(78)69-66-63-60-57-54-51-48-46-44-41-32-30-28-26-23-20-17-14-11-8-5-2/h7,9-10,12,16,18-19,21,25,27,31,33,35-36,38-39,42-43,47,49-50,52,56,58-59,61,72H,4-6,8,11,13-15,17,20,22-24,26,28-30,32,34,37,40-41,44-46,48,51,53-55,57,60,62-71H2,1-3H3/b10-7-,12-9-,19-16-,21-18-,27-25-,33-31-,36-35-,39-38-,43-42-,50-47-,52-49-,59-56-,61-58-. The fourth-order valence-electron chi connectivity index (χ4n) is 8.69. The predicted octanol–water partition coefficient (Wildman–Crippen LogP) is 22.9. The lowest BCUT2D eigenvalue weighted by atomic mass is 10.0. The number of ether oxygens (including phenoxy) is 3. The lowest BCUT2D eigenvalue weighted by Crippen LogP contribution is -2.30. The highest BCUT2D eigenvalue weighted by molar-refractivity contribution is 5.71. The predicted molar refractivity (Wildman–Crippen MR) is 352 cm³/mol. The zero-order valence-electron chi connectivity index (χ0n) is 52.2. The number of rotatable bonds is 58. The molecule has 0 rings (SSSR count). The molecule has 0 radical (unpaired) electrons. The van der Waals surface area contributed by atoms with Crippen LogP contribution in [-0.2, 0) is 28.6 Å². The number of esters is 3. The Kier molecular flexibility index (Phi) is 63.4. The van der Waals surface area contributed by atoms with Gasteiger partial charge in [0.2, 0.25) is 0 Å². The molecule has 0 aromatic carbocycles. The van der Waals surface area contributed by atoms with E-state index in [4.69, 9.17) is 14.2 Å². The molecule has 1 atom stereocenters. The SMILES string of the molecule is CC/C=C\C/C=C\C/C=C\C/C=C\C/C=C\C/C=C\C/C=C\C/C=C\C/C=C\CCCC(=O)OCC(COC(=O)CC/C=C\C/C=C\C/C=C\C/C=C\CC)OC(=O)CCCCCCCCCCCCCCCCCCCCCCC. The van der Waals surface area contributed by atoms with Crippen molar-refractivity contribution in [2.45, 2.75) is 284 Å². The van der Waals surface area contributed by atoms with Crippen LogP contribution in [0.4, 0.5) is 0 Å². The maximum Gasteiger partial charge on any atom is 0.306 e. The average molecular weight is 1120 g/mol. The molecule has 0 aliphatic rings. The van der Waals surface area contributed by atoms with Crippen LogP contribution in [-0.4, -0.2) is 37.2 Å². The van der Waals surface area contributed by atoms with E-state index < -0.39 is 6.10 Å². The Balaban J connectivity index is 4.47. The van der Waals surface area contributed by atoms with Gasteiger partial charge in [0.05, 0.1) is 0 Å². The van der Waals surface area contributed by atoms with Crippen molar-refractivity contribution >= 4 is 17.9 Å². The van der Waals surface area contributed by atoms with Crippen molar-refractivity contribution in [2.24, 2.45) is 0 Å². The normalized spacial score (nSPS) is 13.2. The Bertz CT molecular complexity index is 1810. The van der Waals surface area contributed by atoms with Gasteiger partial charge in [0.1, 0.15) is 13.2 Å². The van der Waals surface area contributed by atoms with E-state index in [-0.39, 0.29) is 44.0 Å². The van der Waals surface area contributed by atoms with Gasteiger partial charge in [-0.2, -0.15) is 0 Å². The lowest BCUT2D eigenvalue weighted by Gasteiger charge is -2.18. The first-order chi connectivity index (χ1) is 40.0. The molecule has 1 unspecified atom stereocenters. The van der Waals surface area contributed by atoms with E-state index in [2.05, 4.69) is 167 Å². The topological polar surface area (TPSA) is 78.9 Å². The van der Waals surface area contributed by atoms with Crippen LogP contribution in [0.15, 0.2) is 158 Å². The minimum absolute atomic E-state index is 0.134. The van der Waals surface area contributed by atoms with Crippen LogP contribution >= 0.6 is 0 Å². The zero-order valence-corrected chi connectivity index (χ0v) is 52.2. The molecule has 0 aliphatic heterocycles. The first kappa shape index (κ1) is 76.0. The monoisotopic (exact) mass is 1120 g/mol. The highest BCUT2D eigenvalue weighted by Crippen LogP contribution is 2.16. The number of hydrogen-bond acceptors (Lipinski definition) is 6. The summed E-state index contributed by atoms with van der Waals surface area (Å²) in [7, 11) is 0. The summed E-state index contributed by atoms with van der Waals surface area (Å²) in [5, 5.41) is 0. The minimum atomic E-state index is -0.837. The van der Waals surface area contributed by atoms with Gasteiger partial charge in [0, 0.05) is 19.3 Å². The van der Waals surface area contributed by atoms with Crippen molar-refractivity contribution in [3.8, 4) is 0 Å². The molecule has 0 aromatic heterocycles. The molecule has 456 valence electrons. The number of hydrogen-bond donors (Lipinski definition) is 0. The molecule has 81 heavy (non-hydrogen) atoms. The third-order valence-corrected chi connectivity index (χ3v) is 13.5. The van der Waals surface area contributed by atoms with Crippen molar-refractivity contribution in [1.29, 1.82) is 0 Å². The van der Waals surface area contributed by atoms with E-state index in [0.29, 0.717) is 19.3 Å². The van der Waals surface area contributed by atoms with Gasteiger partial charge < -0.3 is 14.2 Å². The second-order valence-corrected chi connectivity index (χ2v) is 21.3. The molecule has 0 saturated heterocycles. The Hall–Kier alpha value is -4.97. The summed E-state index contributed by atoms with van der Waals surface area (Å²) < 4.78 is 16.8. The number of allylic oxidation sites excluding steroid dienone is 26. The van der Waals surface area contributed by atoms with Crippen LogP contribution in [0.25, 0.3) is 0 Å². The maximum absolute atomic E-state index is 12.9. The number of unbranched alkanes of at least 4 members (excludes halogenated alkanes) is 21. The van der Waals surface area contributed by atoms with E-state index in [1.54, 1.807) is 0 Å². The van der Waals surface area contributed by atoms with E-state index in [0.717, 1.165) is 109 Å².